The van der Waals surface area contributed by atoms with Crippen molar-refractivity contribution >= 4 is 93.2 Å². The number of rotatable bonds is 6. The summed E-state index contributed by atoms with van der Waals surface area (Å²) < 4.78 is 0.300. The Morgan fingerprint density at radius 2 is 1.16 bits per heavy atom. The minimum absolute atomic E-state index is 0.0172. The van der Waals surface area contributed by atoms with Gasteiger partial charge in [0.05, 0.1) is 22.5 Å². The van der Waals surface area contributed by atoms with Gasteiger partial charge in [0.1, 0.15) is 7.85 Å². The van der Waals surface area contributed by atoms with Gasteiger partial charge in [-0.3, -0.25) is 19.2 Å². The van der Waals surface area contributed by atoms with E-state index in [1.165, 1.54) is 12.1 Å². The van der Waals surface area contributed by atoms with Crippen molar-refractivity contribution in [2.75, 3.05) is 9.80 Å². The fourth-order valence-electron chi connectivity index (χ4n) is 6.09. The normalized spacial score (nSPS) is 14.1. The molecule has 4 aromatic rings. The number of imide groups is 2. The maximum absolute atomic E-state index is 14.3. The molecule has 8 heteroatoms. The number of anilines is 2. The molecule has 2 heterocycles. The average Bonchev–Trinajstić information content (AvgIpc) is 2.99. The molecule has 6 rings (SSSR count). The summed E-state index contributed by atoms with van der Waals surface area (Å²) in [6, 6.07) is 13.7. The Morgan fingerprint density at radius 3 is 1.72 bits per heavy atom. The van der Waals surface area contributed by atoms with Gasteiger partial charge in [0.25, 0.3) is 23.6 Å². The molecule has 208 valence electrons. The van der Waals surface area contributed by atoms with Crippen LogP contribution in [0.2, 0.25) is 0 Å². The van der Waals surface area contributed by atoms with Gasteiger partial charge in [-0.05, 0) is 50.2 Å². The van der Waals surface area contributed by atoms with Crippen LogP contribution in [-0.2, 0) is 0 Å². The molecule has 0 saturated heterocycles. The van der Waals surface area contributed by atoms with E-state index in [0.717, 1.165) is 15.4 Å². The van der Waals surface area contributed by atoms with Gasteiger partial charge in [0, 0.05) is 26.4 Å². The summed E-state index contributed by atoms with van der Waals surface area (Å²) in [5.74, 6) is -2.51. The highest BCUT2D eigenvalue weighted by molar-refractivity contribution is 9.10. The average molecular weight is 627 g/mol. The molecule has 0 bridgehead atoms. The molecule has 6 nitrogen and oxygen atoms in total. The minimum atomic E-state index is -0.640. The Balaban J connectivity index is 1.66. The van der Waals surface area contributed by atoms with Crippen molar-refractivity contribution < 1.29 is 19.2 Å². The summed E-state index contributed by atoms with van der Waals surface area (Å²) in [6.07, 6.45) is 4.71. The lowest BCUT2D eigenvalue weighted by Gasteiger charge is -2.35. The second kappa shape index (κ2) is 10.2. The fourth-order valence-corrected chi connectivity index (χ4v) is 6.69. The quantitative estimate of drug-likeness (QED) is 0.170. The molecule has 0 aliphatic carbocycles. The predicted molar refractivity (Wildman–Crippen MR) is 177 cm³/mol. The van der Waals surface area contributed by atoms with Gasteiger partial charge in [-0.2, -0.15) is 0 Å². The van der Waals surface area contributed by atoms with Crippen molar-refractivity contribution in [1.29, 1.82) is 0 Å². The molecular formula is C35H24BBrN2O4. The Bertz CT molecular complexity index is 2000. The topological polar surface area (TPSA) is 74.8 Å². The van der Waals surface area contributed by atoms with Crippen LogP contribution in [0.1, 0.15) is 83.5 Å². The van der Waals surface area contributed by atoms with Crippen molar-refractivity contribution in [3.05, 3.63) is 117 Å². The van der Waals surface area contributed by atoms with Crippen LogP contribution < -0.4 is 15.3 Å². The van der Waals surface area contributed by atoms with Gasteiger partial charge in [0.2, 0.25) is 0 Å². The van der Waals surface area contributed by atoms with Gasteiger partial charge in [0.15, 0.2) is 0 Å². The van der Waals surface area contributed by atoms with Crippen LogP contribution in [0.5, 0.6) is 0 Å². The third-order valence-electron chi connectivity index (χ3n) is 8.01. The van der Waals surface area contributed by atoms with E-state index < -0.39 is 23.6 Å². The van der Waals surface area contributed by atoms with Crippen molar-refractivity contribution in [3.63, 3.8) is 0 Å². The minimum Gasteiger partial charge on any atom is -0.268 e. The molecule has 2 aliphatic rings. The lowest BCUT2D eigenvalue weighted by molar-refractivity contribution is 0.0873. The molecule has 43 heavy (non-hydrogen) atoms. The van der Waals surface area contributed by atoms with Gasteiger partial charge in [-0.1, -0.05) is 99.7 Å². The third-order valence-corrected chi connectivity index (χ3v) is 8.64. The number of carbonyl (C=O) groups excluding carboxylic acids is 4. The maximum atomic E-state index is 14.3. The van der Waals surface area contributed by atoms with Crippen molar-refractivity contribution in [3.8, 4) is 0 Å². The molecule has 2 radical (unpaired) electrons. The highest BCUT2D eigenvalue weighted by Gasteiger charge is 2.44. The maximum Gasteiger partial charge on any atom is 0.267 e. The Kier molecular flexibility index (Phi) is 6.70. The summed E-state index contributed by atoms with van der Waals surface area (Å²) in [5, 5.41) is 0.391. The van der Waals surface area contributed by atoms with Crippen LogP contribution in [0.25, 0.3) is 29.0 Å². The van der Waals surface area contributed by atoms with Crippen LogP contribution in [0.15, 0.2) is 72.7 Å². The molecule has 0 spiro atoms. The highest BCUT2D eigenvalue weighted by atomic mass is 79.9. The standard InChI is InChI=1S/C35H24BBrN2O4/c1-6-18-11-9-12-19(7-2)30(18)38-32(40)22-15-24(36)28-26-23(16-25(37)29(27(22)26)35(38)43)33(41)39(34(28)42)31-20(8-3)13-10-14-21(31)17(4)5/h6-17H,1-3H2,4-5H3. The Labute approximate surface area is 258 Å². The molecule has 0 aromatic heterocycles. The molecule has 4 aromatic carbocycles. The number of nitrogens with zero attached hydrogens (tertiary/aromatic N) is 2. The second-order valence-corrected chi connectivity index (χ2v) is 11.5. The van der Waals surface area contributed by atoms with E-state index in [4.69, 9.17) is 7.85 Å². The lowest BCUT2D eigenvalue weighted by atomic mass is 9.77. The van der Waals surface area contributed by atoms with E-state index in [9.17, 15) is 19.2 Å². The van der Waals surface area contributed by atoms with E-state index in [-0.39, 0.29) is 44.4 Å². The van der Waals surface area contributed by atoms with Gasteiger partial charge < -0.3 is 0 Å². The first-order chi connectivity index (χ1) is 20.6. The summed E-state index contributed by atoms with van der Waals surface area (Å²) in [6.45, 7) is 15.5. The van der Waals surface area contributed by atoms with E-state index in [1.807, 2.05) is 26.0 Å². The summed E-state index contributed by atoms with van der Waals surface area (Å²) in [4.78, 5) is 59.2. The Morgan fingerprint density at radius 1 is 0.698 bits per heavy atom. The van der Waals surface area contributed by atoms with Crippen molar-refractivity contribution in [2.45, 2.75) is 19.8 Å². The molecule has 0 saturated carbocycles. The van der Waals surface area contributed by atoms with Crippen LogP contribution >= 0.6 is 15.9 Å². The number of hydrogen-bond donors (Lipinski definition) is 0. The van der Waals surface area contributed by atoms with Crippen molar-refractivity contribution in [2.24, 2.45) is 0 Å². The largest absolute Gasteiger partial charge is 0.268 e. The van der Waals surface area contributed by atoms with Gasteiger partial charge in [-0.25, -0.2) is 9.80 Å². The second-order valence-electron chi connectivity index (χ2n) is 10.6. The van der Waals surface area contributed by atoms with E-state index >= 15 is 0 Å². The van der Waals surface area contributed by atoms with Crippen LogP contribution in [0.3, 0.4) is 0 Å². The monoisotopic (exact) mass is 626 g/mol. The number of halogens is 1. The summed E-state index contributed by atoms with van der Waals surface area (Å²) in [5.41, 5.74) is 3.73. The number of benzene rings is 4. The first-order valence-corrected chi connectivity index (χ1v) is 14.4. The SMILES string of the molecule is [B]c1cc2c3c(c(Br)cc4c3c1C(=O)N(c1c(C=C)cccc1C(C)C)C4=O)C(=O)N(c1c(C=C)cccc1C=C)C2=O. The smallest absolute Gasteiger partial charge is 0.267 e. The number of hydrogen-bond acceptors (Lipinski definition) is 4. The van der Waals surface area contributed by atoms with Gasteiger partial charge in [-0.15, -0.1) is 0 Å². The summed E-state index contributed by atoms with van der Waals surface area (Å²) in [7, 11) is 6.55. The van der Waals surface area contributed by atoms with E-state index in [0.29, 0.717) is 32.5 Å². The number of carbonyl (C=O) groups is 4. The predicted octanol–water partition coefficient (Wildman–Crippen LogP) is 7.05. The zero-order chi connectivity index (χ0) is 30.9. The van der Waals surface area contributed by atoms with Crippen LogP contribution in [-0.4, -0.2) is 31.5 Å². The molecule has 4 amide bonds. The van der Waals surface area contributed by atoms with Crippen molar-refractivity contribution in [1.82, 2.24) is 0 Å². The van der Waals surface area contributed by atoms with E-state index in [2.05, 4.69) is 35.7 Å². The molecule has 0 N–H and O–H groups in total. The van der Waals surface area contributed by atoms with E-state index in [1.54, 1.807) is 42.5 Å². The zero-order valence-electron chi connectivity index (χ0n) is 23.5. The number of para-hydroxylation sites is 2. The van der Waals surface area contributed by atoms with Gasteiger partial charge >= 0.3 is 0 Å². The highest BCUT2D eigenvalue weighted by Crippen LogP contribution is 2.45. The molecular weight excluding hydrogens is 603 g/mol. The lowest BCUT2D eigenvalue weighted by Crippen LogP contribution is -2.46. The molecule has 2 aliphatic heterocycles. The summed E-state index contributed by atoms with van der Waals surface area (Å²) >= 11 is 3.52. The Hall–Kier alpha value is -4.82. The first-order valence-electron chi connectivity index (χ1n) is 13.6. The number of amides is 4. The van der Waals surface area contributed by atoms with Crippen LogP contribution in [0.4, 0.5) is 11.4 Å². The zero-order valence-corrected chi connectivity index (χ0v) is 25.1. The van der Waals surface area contributed by atoms with Crippen LogP contribution in [0, 0.1) is 0 Å². The fraction of sp³-hybridized carbons (Fsp3) is 0.0857. The molecule has 0 unspecified atom stereocenters. The molecule has 0 fully saturated rings. The molecule has 0 atom stereocenters. The first kappa shape index (κ1) is 28.3. The third kappa shape index (κ3) is 3.86.